The van der Waals surface area contributed by atoms with Gasteiger partial charge in [-0.3, -0.25) is 38.6 Å². The van der Waals surface area contributed by atoms with Crippen LogP contribution in [0, 0.1) is 0 Å². The first-order chi connectivity index (χ1) is 27.2. The first kappa shape index (κ1) is 41.1. The molecule has 8 rings (SSSR count). The van der Waals surface area contributed by atoms with Gasteiger partial charge in [0.15, 0.2) is 62.6 Å². The van der Waals surface area contributed by atoms with Crippen molar-refractivity contribution in [2.45, 2.75) is 0 Å². The Morgan fingerprint density at radius 2 is 0.554 bits per heavy atom. The predicted octanol–water partition coefficient (Wildman–Crippen LogP) is -3.00. The van der Waals surface area contributed by atoms with E-state index >= 15 is 0 Å². The molecule has 0 aliphatic carbocycles. The molecular weight excluding hydrogens is 736 g/mol. The average Bonchev–Trinajstić information content (AvgIpc) is 3.18. The van der Waals surface area contributed by atoms with E-state index in [1.54, 1.807) is 36.4 Å². The molecule has 0 radical (unpaired) electrons. The van der Waals surface area contributed by atoms with E-state index in [0.29, 0.717) is 39.3 Å². The highest BCUT2D eigenvalue weighted by Gasteiger charge is 2.20. The number of hydrogen-bond donors (Lipinski definition) is 6. The van der Waals surface area contributed by atoms with E-state index in [-0.39, 0.29) is 100 Å². The number of amides is 6. The molecule has 6 aliphatic rings. The monoisotopic (exact) mass is 784 g/mol. The lowest BCUT2D eigenvalue weighted by Crippen LogP contribution is -2.44. The zero-order chi connectivity index (χ0) is 39.5. The maximum atomic E-state index is 12.9. The van der Waals surface area contributed by atoms with Crippen molar-refractivity contribution < 1.29 is 57.2 Å². The summed E-state index contributed by atoms with van der Waals surface area (Å²) < 4.78 is 34.7. The molecule has 0 spiro atoms. The lowest BCUT2D eigenvalue weighted by atomic mass is 10.3. The molecule has 0 aromatic heterocycles. The third-order valence-corrected chi connectivity index (χ3v) is 8.52. The van der Waals surface area contributed by atoms with E-state index in [2.05, 4.69) is 31.9 Å². The molecule has 2 aromatic carbocycles. The molecule has 6 N–H and O–H groups in total. The van der Waals surface area contributed by atoms with Gasteiger partial charge in [0.25, 0.3) is 35.4 Å². The second-order valence-corrected chi connectivity index (χ2v) is 12.7. The van der Waals surface area contributed by atoms with Crippen molar-refractivity contribution in [3.8, 4) is 34.5 Å². The molecule has 6 heterocycles. The summed E-state index contributed by atoms with van der Waals surface area (Å²) in [6.07, 6.45) is 0. The Kier molecular flexibility index (Phi) is 16.0. The minimum absolute atomic E-state index is 0.0396. The second-order valence-electron chi connectivity index (χ2n) is 12.7. The minimum atomic E-state index is -0.468. The Balaban J connectivity index is 1.36. The largest absolute Gasteiger partial charge is 0.480 e. The van der Waals surface area contributed by atoms with Gasteiger partial charge in [0.05, 0.1) is 0 Å². The van der Waals surface area contributed by atoms with Crippen LogP contribution in [0.3, 0.4) is 0 Å². The molecule has 0 saturated carbocycles. The summed E-state index contributed by atoms with van der Waals surface area (Å²) in [5, 5.41) is 16.8. The average molecular weight is 785 g/mol. The second kappa shape index (κ2) is 21.8. The van der Waals surface area contributed by atoms with Crippen molar-refractivity contribution in [2.24, 2.45) is 0 Å². The molecular formula is C36H48N8O12. The van der Waals surface area contributed by atoms with Crippen molar-refractivity contribution >= 4 is 35.4 Å². The summed E-state index contributed by atoms with van der Waals surface area (Å²) in [6, 6.07) is 9.41. The Labute approximate surface area is 323 Å². The van der Waals surface area contributed by atoms with Crippen LogP contribution in [-0.4, -0.2) is 163 Å². The standard InChI is InChI=1S/C36H48N8O12/c45-29-19-51-25-3-1-4-26-35(25)55-23-33(49)41-11-17-44-15-9-39-31(47)21-53-27-5-2-6-28(54-22-32(48)40-10-16-44)36(27)56-24-34(50)42-12-18-43(13-7-37-29)14-8-38-30(46)20-52-26/h1-6H,7-24H2,(H,37,45)(H,38,46)(H,39,47)(H,40,48)(H,41,49)(H,42,50). The van der Waals surface area contributed by atoms with Gasteiger partial charge >= 0.3 is 0 Å². The zero-order valence-electron chi connectivity index (χ0n) is 31.0. The Hall–Kier alpha value is -6.02. The van der Waals surface area contributed by atoms with Gasteiger partial charge in [-0.25, -0.2) is 0 Å². The van der Waals surface area contributed by atoms with Gasteiger partial charge in [0.1, 0.15) is 0 Å². The smallest absolute Gasteiger partial charge is 0.257 e. The number of carbonyl (C=O) groups is 6. The number of ether oxygens (including phenoxy) is 6. The molecule has 8 bridgehead atoms. The minimum Gasteiger partial charge on any atom is -0.480 e. The zero-order valence-corrected chi connectivity index (χ0v) is 31.0. The van der Waals surface area contributed by atoms with Crippen LogP contribution < -0.4 is 60.3 Å². The number of hydrogen-bond acceptors (Lipinski definition) is 14. The van der Waals surface area contributed by atoms with Crippen LogP contribution in [0.1, 0.15) is 0 Å². The van der Waals surface area contributed by atoms with Crippen LogP contribution in [0.2, 0.25) is 0 Å². The Bertz CT molecular complexity index is 1490. The van der Waals surface area contributed by atoms with Gasteiger partial charge in [-0.1, -0.05) is 12.1 Å². The summed E-state index contributed by atoms with van der Waals surface area (Å²) in [5.41, 5.74) is 0. The molecule has 304 valence electrons. The highest BCUT2D eigenvalue weighted by atomic mass is 16.6. The van der Waals surface area contributed by atoms with Gasteiger partial charge in [0.2, 0.25) is 11.5 Å². The van der Waals surface area contributed by atoms with E-state index in [0.717, 1.165) is 0 Å². The first-order valence-electron chi connectivity index (χ1n) is 18.3. The fourth-order valence-corrected chi connectivity index (χ4v) is 5.68. The van der Waals surface area contributed by atoms with Crippen molar-refractivity contribution in [2.75, 3.05) is 118 Å². The Morgan fingerprint density at radius 3 is 0.786 bits per heavy atom. The van der Waals surface area contributed by atoms with Crippen LogP contribution in [0.4, 0.5) is 0 Å². The molecule has 0 unspecified atom stereocenters. The van der Waals surface area contributed by atoms with Crippen LogP contribution in [0.25, 0.3) is 0 Å². The quantitative estimate of drug-likeness (QED) is 0.156. The van der Waals surface area contributed by atoms with Crippen molar-refractivity contribution in [3.63, 3.8) is 0 Å². The van der Waals surface area contributed by atoms with E-state index in [9.17, 15) is 28.8 Å². The van der Waals surface area contributed by atoms with E-state index in [1.165, 1.54) is 0 Å². The predicted molar refractivity (Wildman–Crippen MR) is 197 cm³/mol. The number of nitrogens with one attached hydrogen (secondary N) is 6. The SMILES string of the molecule is O=C1COc2cccc3c2OCC(=O)NCCN2CCNC(=O)COc4cccc(c4OCC(=O)NCCN(CCN1)CCNC(=O)CO3)OCC(=O)NCC2. The summed E-state index contributed by atoms with van der Waals surface area (Å²) in [7, 11) is 0. The van der Waals surface area contributed by atoms with Crippen molar-refractivity contribution in [3.05, 3.63) is 36.4 Å². The lowest BCUT2D eigenvalue weighted by molar-refractivity contribution is -0.125. The normalized spacial score (nSPS) is 21.9. The molecule has 56 heavy (non-hydrogen) atoms. The number of rotatable bonds is 0. The van der Waals surface area contributed by atoms with Gasteiger partial charge in [-0.2, -0.15) is 0 Å². The highest BCUT2D eigenvalue weighted by molar-refractivity contribution is 5.80. The highest BCUT2D eigenvalue weighted by Crippen LogP contribution is 2.38. The molecule has 0 fully saturated rings. The van der Waals surface area contributed by atoms with E-state index in [4.69, 9.17) is 28.4 Å². The number of nitrogens with zero attached hydrogens (tertiary/aromatic N) is 2. The summed E-state index contributed by atoms with van der Waals surface area (Å²) in [6.45, 7) is 1.30. The van der Waals surface area contributed by atoms with E-state index < -0.39 is 48.7 Å². The Morgan fingerprint density at radius 1 is 0.339 bits per heavy atom. The van der Waals surface area contributed by atoms with Crippen LogP contribution >= 0.6 is 0 Å². The summed E-state index contributed by atoms with van der Waals surface area (Å²) in [5.74, 6) is -1.95. The lowest BCUT2D eigenvalue weighted by Gasteiger charge is -2.24. The van der Waals surface area contributed by atoms with E-state index in [1.807, 2.05) is 9.80 Å². The van der Waals surface area contributed by atoms with Gasteiger partial charge < -0.3 is 60.3 Å². The number of carbonyl (C=O) groups excluding carboxylic acids is 6. The van der Waals surface area contributed by atoms with Crippen molar-refractivity contribution in [1.29, 1.82) is 0 Å². The molecule has 6 amide bonds. The number of para-hydroxylation sites is 2. The third kappa shape index (κ3) is 13.7. The van der Waals surface area contributed by atoms with Crippen LogP contribution in [0.15, 0.2) is 36.4 Å². The molecule has 2 aromatic rings. The van der Waals surface area contributed by atoms with Crippen LogP contribution in [-0.2, 0) is 28.8 Å². The molecule has 6 aliphatic heterocycles. The topological polar surface area (TPSA) is 236 Å². The summed E-state index contributed by atoms with van der Waals surface area (Å²) >= 11 is 0. The molecule has 20 heteroatoms. The number of benzene rings is 2. The third-order valence-electron chi connectivity index (χ3n) is 8.52. The maximum Gasteiger partial charge on any atom is 0.257 e. The van der Waals surface area contributed by atoms with Gasteiger partial charge in [-0.05, 0) is 24.3 Å². The van der Waals surface area contributed by atoms with Gasteiger partial charge in [-0.15, -0.1) is 0 Å². The first-order valence-corrected chi connectivity index (χ1v) is 18.3. The van der Waals surface area contributed by atoms with Gasteiger partial charge in [0, 0.05) is 78.5 Å². The molecule has 20 nitrogen and oxygen atoms in total. The fourth-order valence-electron chi connectivity index (χ4n) is 5.68. The molecule has 0 saturated heterocycles. The fraction of sp³-hybridized carbons (Fsp3) is 0.500. The molecule has 0 atom stereocenters. The van der Waals surface area contributed by atoms with Crippen molar-refractivity contribution in [1.82, 2.24) is 41.7 Å². The maximum absolute atomic E-state index is 12.9. The van der Waals surface area contributed by atoms with Crippen LogP contribution in [0.5, 0.6) is 34.5 Å². The summed E-state index contributed by atoms with van der Waals surface area (Å²) in [4.78, 5) is 80.7.